The van der Waals surface area contributed by atoms with E-state index in [2.05, 4.69) is 0 Å². The topological polar surface area (TPSA) is 93.1 Å². The van der Waals surface area contributed by atoms with Gasteiger partial charge in [0, 0.05) is 43.7 Å². The van der Waals surface area contributed by atoms with Crippen molar-refractivity contribution in [3.05, 3.63) is 58.1 Å². The van der Waals surface area contributed by atoms with Crippen LogP contribution in [0.1, 0.15) is 37.3 Å². The van der Waals surface area contributed by atoms with E-state index in [9.17, 15) is 19.5 Å². The Hall–Kier alpha value is -2.93. The molecule has 32 heavy (non-hydrogen) atoms. The predicted octanol–water partition coefficient (Wildman–Crippen LogP) is 2.37. The zero-order valence-electron chi connectivity index (χ0n) is 19.0. The Morgan fingerprint density at radius 3 is 2.31 bits per heavy atom. The van der Waals surface area contributed by atoms with Gasteiger partial charge in [-0.25, -0.2) is 0 Å². The van der Waals surface area contributed by atoms with E-state index in [0.29, 0.717) is 37.0 Å². The second-order valence-electron chi connectivity index (χ2n) is 8.35. The van der Waals surface area contributed by atoms with Crippen molar-refractivity contribution >= 4 is 17.5 Å². The van der Waals surface area contributed by atoms with E-state index in [0.717, 1.165) is 30.5 Å². The maximum absolute atomic E-state index is 12.8. The van der Waals surface area contributed by atoms with Gasteiger partial charge in [0.05, 0.1) is 14.2 Å². The molecule has 1 saturated heterocycles. The molecule has 1 atom stereocenters. The molecule has 1 amide bonds. The molecule has 1 aliphatic carbocycles. The molecule has 1 aromatic carbocycles. The number of hydrogen-bond donors (Lipinski definition) is 1. The van der Waals surface area contributed by atoms with Gasteiger partial charge >= 0.3 is 0 Å². The van der Waals surface area contributed by atoms with Crippen LogP contribution in [0.5, 0.6) is 0 Å². The Bertz CT molecular complexity index is 944. The van der Waals surface area contributed by atoms with Gasteiger partial charge in [-0.1, -0.05) is 24.3 Å². The summed E-state index contributed by atoms with van der Waals surface area (Å²) in [7, 11) is 2.69. The highest BCUT2D eigenvalue weighted by Gasteiger charge is 2.34. The van der Waals surface area contributed by atoms with E-state index in [1.54, 1.807) is 6.92 Å². The first kappa shape index (κ1) is 23.7. The minimum Gasteiger partial charge on any atom is -0.489 e. The van der Waals surface area contributed by atoms with E-state index >= 15 is 0 Å². The molecule has 0 spiro atoms. The number of Topliss-reactive ketones (excluding diaryl/α,β-unsaturated/α-hetero) is 2. The Labute approximate surface area is 188 Å². The Morgan fingerprint density at radius 1 is 1.06 bits per heavy atom. The van der Waals surface area contributed by atoms with Gasteiger partial charge < -0.3 is 19.5 Å². The van der Waals surface area contributed by atoms with Crippen molar-refractivity contribution in [1.29, 1.82) is 0 Å². The second kappa shape index (κ2) is 10.6. The second-order valence-corrected chi connectivity index (χ2v) is 8.35. The van der Waals surface area contributed by atoms with Gasteiger partial charge in [-0.05, 0) is 43.2 Å². The number of aliphatic hydroxyl groups excluding tert-OH is 1. The fourth-order valence-corrected chi connectivity index (χ4v) is 4.28. The van der Waals surface area contributed by atoms with Crippen LogP contribution in [0.15, 0.2) is 46.9 Å². The minimum absolute atomic E-state index is 0.0576. The van der Waals surface area contributed by atoms with Gasteiger partial charge in [0.1, 0.15) is 0 Å². The lowest BCUT2D eigenvalue weighted by Gasteiger charge is -2.32. The Morgan fingerprint density at radius 2 is 1.69 bits per heavy atom. The van der Waals surface area contributed by atoms with E-state index in [4.69, 9.17) is 9.47 Å². The lowest BCUT2D eigenvalue weighted by Crippen LogP contribution is -2.41. The summed E-state index contributed by atoms with van der Waals surface area (Å²) < 4.78 is 10.2. The summed E-state index contributed by atoms with van der Waals surface area (Å²) in [6.07, 6.45) is 3.28. The number of likely N-dealkylation sites (tertiary alicyclic amines) is 1. The van der Waals surface area contributed by atoms with Gasteiger partial charge in [-0.15, -0.1) is 0 Å². The zero-order chi connectivity index (χ0) is 23.3. The number of aryl methyl sites for hydroxylation is 1. The van der Waals surface area contributed by atoms with Gasteiger partial charge in [0.15, 0.2) is 0 Å². The number of hydrogen-bond acceptors (Lipinski definition) is 6. The number of allylic oxidation sites excluding steroid dienone is 2. The molecule has 0 saturated carbocycles. The normalized spacial score (nSPS) is 19.5. The van der Waals surface area contributed by atoms with Crippen LogP contribution in [0.2, 0.25) is 0 Å². The van der Waals surface area contributed by atoms with Gasteiger partial charge in [-0.3, -0.25) is 14.4 Å². The fourth-order valence-electron chi connectivity index (χ4n) is 4.28. The van der Waals surface area contributed by atoms with Crippen molar-refractivity contribution in [1.82, 2.24) is 4.90 Å². The van der Waals surface area contributed by atoms with Crippen LogP contribution in [0.4, 0.5) is 0 Å². The van der Waals surface area contributed by atoms with E-state index < -0.39 is 0 Å². The number of ketones is 2. The molecule has 172 valence electrons. The molecule has 1 unspecified atom stereocenters. The van der Waals surface area contributed by atoms with Crippen LogP contribution >= 0.6 is 0 Å². The Kier molecular flexibility index (Phi) is 7.85. The third kappa shape index (κ3) is 5.10. The number of rotatable bonds is 8. The molecule has 0 radical (unpaired) electrons. The lowest BCUT2D eigenvalue weighted by atomic mass is 9.88. The number of nitrogens with zero attached hydrogens (tertiary/aromatic N) is 1. The number of aliphatic hydroxyl groups is 1. The van der Waals surface area contributed by atoms with Crippen LogP contribution in [0.3, 0.4) is 0 Å². The van der Waals surface area contributed by atoms with E-state index in [1.807, 2.05) is 29.2 Å². The first-order valence-corrected chi connectivity index (χ1v) is 11.0. The van der Waals surface area contributed by atoms with Crippen molar-refractivity contribution in [2.24, 2.45) is 5.92 Å². The van der Waals surface area contributed by atoms with E-state index in [-0.39, 0.29) is 41.5 Å². The molecule has 1 N–H and O–H groups in total. The molecule has 1 fully saturated rings. The van der Waals surface area contributed by atoms with Crippen LogP contribution < -0.4 is 0 Å². The van der Waals surface area contributed by atoms with Crippen molar-refractivity contribution < 1.29 is 29.0 Å². The molecule has 2 aliphatic rings. The molecular formula is C25H31NO6. The molecular weight excluding hydrogens is 410 g/mol. The minimum atomic E-state index is -0.338. The molecule has 0 bridgehead atoms. The molecule has 1 aromatic rings. The number of carbonyl (C=O) groups excluding carboxylic acids is 3. The summed E-state index contributed by atoms with van der Waals surface area (Å²) in [4.78, 5) is 39.7. The van der Waals surface area contributed by atoms with Crippen molar-refractivity contribution in [2.45, 2.75) is 39.0 Å². The number of carbonyl (C=O) groups is 3. The van der Waals surface area contributed by atoms with Gasteiger partial charge in [-0.2, -0.15) is 0 Å². The maximum atomic E-state index is 12.8. The zero-order valence-corrected chi connectivity index (χ0v) is 19.0. The van der Waals surface area contributed by atoms with Crippen LogP contribution in [-0.2, 0) is 36.7 Å². The molecule has 1 aliphatic heterocycles. The smallest absolute Gasteiger partial charge is 0.228 e. The number of ether oxygens (including phenoxy) is 2. The monoisotopic (exact) mass is 441 g/mol. The standard InChI is InChI=1S/C25H31NO6/c1-16-20(23(30)25(32-3)24(31-2)22(16)29)13-18-8-6-17(7-9-18)10-11-21(28)26-12-4-5-19(14-26)15-27/h6-9,19,27H,4-5,10-15H2,1-3H3. The van der Waals surface area contributed by atoms with Gasteiger partial charge in [0.25, 0.3) is 0 Å². The fraction of sp³-hybridized carbons (Fsp3) is 0.480. The number of piperidine rings is 1. The van der Waals surface area contributed by atoms with Crippen molar-refractivity contribution in [3.63, 3.8) is 0 Å². The third-order valence-electron chi connectivity index (χ3n) is 6.26. The molecule has 1 heterocycles. The number of methoxy groups -OCH3 is 2. The first-order chi connectivity index (χ1) is 15.4. The van der Waals surface area contributed by atoms with Crippen LogP contribution in [-0.4, -0.2) is 61.4 Å². The number of amides is 1. The van der Waals surface area contributed by atoms with E-state index in [1.165, 1.54) is 14.2 Å². The molecule has 3 rings (SSSR count). The molecule has 7 heteroatoms. The highest BCUT2D eigenvalue weighted by molar-refractivity contribution is 6.23. The summed E-state index contributed by atoms with van der Waals surface area (Å²) >= 11 is 0. The predicted molar refractivity (Wildman–Crippen MR) is 119 cm³/mol. The quantitative estimate of drug-likeness (QED) is 0.623. The SMILES string of the molecule is COC1=C(OC)C(=O)C(Cc2ccc(CCC(=O)N3CCCC(CO)C3)cc2)=C(C)C1=O. The summed E-state index contributed by atoms with van der Waals surface area (Å²) in [6.45, 7) is 3.16. The first-order valence-electron chi connectivity index (χ1n) is 11.0. The summed E-state index contributed by atoms with van der Waals surface area (Å²) in [5.74, 6) is -0.485. The summed E-state index contributed by atoms with van der Waals surface area (Å²) in [5, 5.41) is 9.35. The Balaban J connectivity index is 1.61. The van der Waals surface area contributed by atoms with Crippen molar-refractivity contribution in [2.75, 3.05) is 33.9 Å². The largest absolute Gasteiger partial charge is 0.489 e. The van der Waals surface area contributed by atoms with Crippen LogP contribution in [0.25, 0.3) is 0 Å². The molecule has 0 aromatic heterocycles. The van der Waals surface area contributed by atoms with Crippen molar-refractivity contribution in [3.8, 4) is 0 Å². The highest BCUT2D eigenvalue weighted by atomic mass is 16.5. The van der Waals surface area contributed by atoms with Gasteiger partial charge in [0.2, 0.25) is 29.0 Å². The third-order valence-corrected chi connectivity index (χ3v) is 6.26. The lowest BCUT2D eigenvalue weighted by molar-refractivity contribution is -0.133. The number of benzene rings is 1. The van der Waals surface area contributed by atoms with Crippen LogP contribution in [0, 0.1) is 5.92 Å². The average Bonchev–Trinajstić information content (AvgIpc) is 2.83. The average molecular weight is 442 g/mol. The molecule has 7 nitrogen and oxygen atoms in total. The summed E-state index contributed by atoms with van der Waals surface area (Å²) in [5.41, 5.74) is 2.70. The summed E-state index contributed by atoms with van der Waals surface area (Å²) in [6, 6.07) is 7.74. The maximum Gasteiger partial charge on any atom is 0.228 e. The highest BCUT2D eigenvalue weighted by Crippen LogP contribution is 2.28.